The smallest absolute Gasteiger partial charge is 0.218 e. The summed E-state index contributed by atoms with van der Waals surface area (Å²) < 4.78 is 5.49. The Hall–Kier alpha value is -2.12. The molecule has 24 heavy (non-hydrogen) atoms. The molecule has 0 atom stereocenters. The molecular weight excluding hydrogens is 342 g/mol. The first-order chi connectivity index (χ1) is 11.7. The molecule has 0 aliphatic carbocycles. The van der Waals surface area contributed by atoms with Crippen LogP contribution >= 0.6 is 23.1 Å². The number of nitrogens with zero attached hydrogens (tertiary/aromatic N) is 2. The van der Waals surface area contributed by atoms with E-state index in [1.807, 2.05) is 31.2 Å². The van der Waals surface area contributed by atoms with Gasteiger partial charge in [0.05, 0.1) is 12.0 Å². The van der Waals surface area contributed by atoms with Crippen molar-refractivity contribution in [3.05, 3.63) is 36.0 Å². The van der Waals surface area contributed by atoms with Gasteiger partial charge in [0.2, 0.25) is 5.91 Å². The van der Waals surface area contributed by atoms with Gasteiger partial charge in [-0.2, -0.15) is 0 Å². The molecule has 0 aliphatic rings. The number of thioether (sulfide) groups is 1. The highest BCUT2D eigenvalue weighted by Gasteiger charge is 2.13. The lowest BCUT2D eigenvalue weighted by atomic mass is 10.1. The fourth-order valence-corrected chi connectivity index (χ4v) is 4.26. The number of fused-ring (bicyclic) bond motifs is 1. The monoisotopic (exact) mass is 359 g/mol. The molecule has 0 aliphatic heterocycles. The van der Waals surface area contributed by atoms with Crippen LogP contribution in [0.5, 0.6) is 5.75 Å². The van der Waals surface area contributed by atoms with E-state index in [2.05, 4.69) is 15.3 Å². The van der Waals surface area contributed by atoms with Crippen LogP contribution in [0.3, 0.4) is 0 Å². The van der Waals surface area contributed by atoms with Crippen molar-refractivity contribution < 1.29 is 9.53 Å². The summed E-state index contributed by atoms with van der Waals surface area (Å²) in [5.41, 5.74) is 7.41. The van der Waals surface area contributed by atoms with Crippen molar-refractivity contribution in [1.29, 1.82) is 0 Å². The number of benzene rings is 1. The normalized spacial score (nSPS) is 10.9. The Balaban J connectivity index is 1.94. The SMILES string of the molecule is CCOc1ccc(-c2csc3ncnc(SCCC(N)=O)c23)cc1. The predicted molar refractivity (Wildman–Crippen MR) is 98.6 cm³/mol. The van der Waals surface area contributed by atoms with Gasteiger partial charge in [-0.15, -0.1) is 23.1 Å². The second-order valence-electron chi connectivity index (χ2n) is 5.03. The molecule has 0 bridgehead atoms. The van der Waals surface area contributed by atoms with Crippen LogP contribution in [0.25, 0.3) is 21.3 Å². The molecule has 1 aromatic carbocycles. The van der Waals surface area contributed by atoms with Gasteiger partial charge in [-0.05, 0) is 24.6 Å². The van der Waals surface area contributed by atoms with Crippen LogP contribution in [0.1, 0.15) is 13.3 Å². The minimum absolute atomic E-state index is 0.301. The summed E-state index contributed by atoms with van der Waals surface area (Å²) in [6.07, 6.45) is 1.89. The standard InChI is InChI=1S/C17H17N3O2S2/c1-2-22-12-5-3-11(4-6-12)13-9-24-17-15(13)16(19-10-20-17)23-8-7-14(18)21/h3-6,9-10H,2,7-8H2,1H3,(H2,18,21). The molecule has 0 unspecified atom stereocenters. The fraction of sp³-hybridized carbons (Fsp3) is 0.235. The van der Waals surface area contributed by atoms with Gasteiger partial charge in [0, 0.05) is 23.1 Å². The lowest BCUT2D eigenvalue weighted by molar-refractivity contribution is -0.117. The quantitative estimate of drug-likeness (QED) is 0.514. The highest BCUT2D eigenvalue weighted by Crippen LogP contribution is 2.38. The molecule has 1 amide bonds. The Labute approximate surface area is 148 Å². The predicted octanol–water partition coefficient (Wildman–Crippen LogP) is 3.72. The zero-order chi connectivity index (χ0) is 16.9. The summed E-state index contributed by atoms with van der Waals surface area (Å²) in [5.74, 6) is 1.16. The number of nitrogens with two attached hydrogens (primary N) is 1. The number of carbonyl (C=O) groups is 1. The zero-order valence-electron chi connectivity index (χ0n) is 13.2. The van der Waals surface area contributed by atoms with Gasteiger partial charge in [0.25, 0.3) is 0 Å². The fourth-order valence-electron chi connectivity index (χ4n) is 2.32. The Morgan fingerprint density at radius 2 is 2.08 bits per heavy atom. The van der Waals surface area contributed by atoms with E-state index in [0.717, 1.165) is 32.1 Å². The highest BCUT2D eigenvalue weighted by atomic mass is 32.2. The maximum Gasteiger partial charge on any atom is 0.218 e. The van der Waals surface area contributed by atoms with Gasteiger partial charge in [-0.3, -0.25) is 4.79 Å². The Morgan fingerprint density at radius 3 is 2.79 bits per heavy atom. The summed E-state index contributed by atoms with van der Waals surface area (Å²) in [6, 6.07) is 8.01. The summed E-state index contributed by atoms with van der Waals surface area (Å²) in [5, 5.41) is 4.00. The lowest BCUT2D eigenvalue weighted by Gasteiger charge is -2.06. The largest absolute Gasteiger partial charge is 0.494 e. The molecule has 0 saturated heterocycles. The number of aromatic nitrogens is 2. The first-order valence-corrected chi connectivity index (χ1v) is 9.42. The molecule has 3 rings (SSSR count). The molecule has 0 spiro atoms. The van der Waals surface area contributed by atoms with Crippen molar-refractivity contribution in [3.8, 4) is 16.9 Å². The molecule has 3 aromatic rings. The Bertz CT molecular complexity index is 847. The average molecular weight is 359 g/mol. The summed E-state index contributed by atoms with van der Waals surface area (Å²) in [6.45, 7) is 2.61. The van der Waals surface area contributed by atoms with E-state index in [-0.39, 0.29) is 5.91 Å². The minimum Gasteiger partial charge on any atom is -0.494 e. The van der Waals surface area contributed by atoms with Crippen LogP contribution in [0.2, 0.25) is 0 Å². The average Bonchev–Trinajstić information content (AvgIpc) is 3.00. The van der Waals surface area contributed by atoms with E-state index in [1.54, 1.807) is 17.7 Å². The van der Waals surface area contributed by atoms with Crippen LogP contribution < -0.4 is 10.5 Å². The third-order valence-corrected chi connectivity index (χ3v) is 5.28. The van der Waals surface area contributed by atoms with Crippen LogP contribution in [0, 0.1) is 0 Å². The molecule has 5 nitrogen and oxygen atoms in total. The van der Waals surface area contributed by atoms with Crippen molar-refractivity contribution >= 4 is 39.2 Å². The van der Waals surface area contributed by atoms with Gasteiger partial charge >= 0.3 is 0 Å². The third-order valence-electron chi connectivity index (χ3n) is 3.40. The molecule has 7 heteroatoms. The second kappa shape index (κ2) is 7.63. The maximum atomic E-state index is 10.9. The maximum absolute atomic E-state index is 10.9. The summed E-state index contributed by atoms with van der Waals surface area (Å²) in [7, 11) is 0. The second-order valence-corrected chi connectivity index (χ2v) is 6.97. The van der Waals surface area contributed by atoms with Crippen LogP contribution in [-0.4, -0.2) is 28.2 Å². The number of rotatable bonds is 7. The Kier molecular flexibility index (Phi) is 5.32. The van der Waals surface area contributed by atoms with Crippen molar-refractivity contribution in [2.24, 2.45) is 5.73 Å². The van der Waals surface area contributed by atoms with Crippen molar-refractivity contribution in [2.45, 2.75) is 18.4 Å². The van der Waals surface area contributed by atoms with E-state index in [1.165, 1.54) is 11.8 Å². The first-order valence-electron chi connectivity index (χ1n) is 7.55. The number of hydrogen-bond acceptors (Lipinski definition) is 6. The van der Waals surface area contributed by atoms with E-state index < -0.39 is 0 Å². The van der Waals surface area contributed by atoms with E-state index >= 15 is 0 Å². The molecule has 2 heterocycles. The molecular formula is C17H17N3O2S2. The van der Waals surface area contributed by atoms with Crippen LogP contribution in [0.4, 0.5) is 0 Å². The van der Waals surface area contributed by atoms with Crippen molar-refractivity contribution in [1.82, 2.24) is 9.97 Å². The number of carbonyl (C=O) groups excluding carboxylic acids is 1. The van der Waals surface area contributed by atoms with E-state index in [9.17, 15) is 4.79 Å². The highest BCUT2D eigenvalue weighted by molar-refractivity contribution is 7.99. The third kappa shape index (κ3) is 3.68. The van der Waals surface area contributed by atoms with Crippen molar-refractivity contribution in [2.75, 3.05) is 12.4 Å². The van der Waals surface area contributed by atoms with Crippen LogP contribution in [-0.2, 0) is 4.79 Å². The first kappa shape index (κ1) is 16.7. The molecule has 0 saturated carbocycles. The van der Waals surface area contributed by atoms with Gasteiger partial charge < -0.3 is 10.5 Å². The summed E-state index contributed by atoms with van der Waals surface area (Å²) >= 11 is 3.12. The molecule has 2 N–H and O–H groups in total. The Morgan fingerprint density at radius 1 is 1.29 bits per heavy atom. The number of primary amides is 1. The topological polar surface area (TPSA) is 78.1 Å². The van der Waals surface area contributed by atoms with Crippen molar-refractivity contribution in [3.63, 3.8) is 0 Å². The number of thiophene rings is 1. The number of ether oxygens (including phenoxy) is 1. The molecule has 0 fully saturated rings. The van der Waals surface area contributed by atoms with E-state index in [0.29, 0.717) is 18.8 Å². The lowest BCUT2D eigenvalue weighted by Crippen LogP contribution is -2.10. The van der Waals surface area contributed by atoms with Gasteiger partial charge in [0.15, 0.2) is 0 Å². The molecule has 0 radical (unpaired) electrons. The van der Waals surface area contributed by atoms with E-state index in [4.69, 9.17) is 10.5 Å². The van der Waals surface area contributed by atoms with Gasteiger partial charge in [-0.25, -0.2) is 9.97 Å². The molecule has 124 valence electrons. The number of hydrogen-bond donors (Lipinski definition) is 1. The van der Waals surface area contributed by atoms with Gasteiger partial charge in [0.1, 0.15) is 21.9 Å². The zero-order valence-corrected chi connectivity index (χ0v) is 14.8. The summed E-state index contributed by atoms with van der Waals surface area (Å²) in [4.78, 5) is 20.6. The number of amides is 1. The molecule has 2 aromatic heterocycles. The minimum atomic E-state index is -0.301. The van der Waals surface area contributed by atoms with Crippen LogP contribution in [0.15, 0.2) is 41.0 Å². The van der Waals surface area contributed by atoms with Gasteiger partial charge in [-0.1, -0.05) is 12.1 Å².